The molecule has 1 nitrogen and oxygen atoms in total. The zero-order valence-electron chi connectivity index (χ0n) is 12.8. The first-order chi connectivity index (χ1) is 9.24. The fourth-order valence-corrected chi connectivity index (χ4v) is 3.90. The van der Waals surface area contributed by atoms with Crippen LogP contribution < -0.4 is 5.32 Å². The summed E-state index contributed by atoms with van der Waals surface area (Å²) in [4.78, 5) is 0. The van der Waals surface area contributed by atoms with Crippen molar-refractivity contribution in [2.45, 2.75) is 70.9 Å². The van der Waals surface area contributed by atoms with Crippen LogP contribution in [0.15, 0.2) is 30.3 Å². The van der Waals surface area contributed by atoms with E-state index in [1.54, 1.807) is 0 Å². The largest absolute Gasteiger partial charge is 0.308 e. The molecule has 1 saturated heterocycles. The molecular weight excluding hydrogens is 230 g/mol. The van der Waals surface area contributed by atoms with Gasteiger partial charge in [-0.1, -0.05) is 57.5 Å². The highest BCUT2D eigenvalue weighted by atomic mass is 15.1. The van der Waals surface area contributed by atoms with Crippen LogP contribution in [0.5, 0.6) is 0 Å². The Morgan fingerprint density at radius 2 is 1.79 bits per heavy atom. The molecular formula is C18H29N. The Hall–Kier alpha value is -0.820. The molecule has 0 amide bonds. The van der Waals surface area contributed by atoms with E-state index < -0.39 is 0 Å². The Labute approximate surface area is 118 Å². The van der Waals surface area contributed by atoms with Gasteiger partial charge in [-0.05, 0) is 43.6 Å². The number of benzene rings is 1. The predicted molar refractivity (Wildman–Crippen MR) is 83.4 cm³/mol. The highest BCUT2D eigenvalue weighted by molar-refractivity contribution is 5.18. The molecule has 1 aliphatic heterocycles. The Balaban J connectivity index is 2.11. The summed E-state index contributed by atoms with van der Waals surface area (Å²) in [6.45, 7) is 7.00. The Morgan fingerprint density at radius 1 is 1.11 bits per heavy atom. The summed E-state index contributed by atoms with van der Waals surface area (Å²) in [6.07, 6.45) is 7.70. The molecule has 1 fully saturated rings. The Bertz CT molecular complexity index is 367. The van der Waals surface area contributed by atoms with E-state index in [0.717, 1.165) is 12.0 Å². The molecule has 2 atom stereocenters. The van der Waals surface area contributed by atoms with E-state index in [4.69, 9.17) is 0 Å². The maximum atomic E-state index is 3.98. The van der Waals surface area contributed by atoms with Gasteiger partial charge in [-0.3, -0.25) is 0 Å². The second-order valence-electron chi connectivity index (χ2n) is 6.12. The van der Waals surface area contributed by atoms with Gasteiger partial charge in [-0.2, -0.15) is 0 Å². The molecule has 1 aliphatic rings. The Kier molecular flexibility index (Phi) is 5.04. The van der Waals surface area contributed by atoms with E-state index in [2.05, 4.69) is 56.4 Å². The molecule has 106 valence electrons. The fraction of sp³-hybridized carbons (Fsp3) is 0.667. The van der Waals surface area contributed by atoms with Gasteiger partial charge in [-0.25, -0.2) is 0 Å². The molecule has 2 rings (SSSR count). The van der Waals surface area contributed by atoms with E-state index in [1.165, 1.54) is 44.1 Å². The van der Waals surface area contributed by atoms with Crippen molar-refractivity contribution in [1.29, 1.82) is 0 Å². The van der Waals surface area contributed by atoms with Gasteiger partial charge in [0.25, 0.3) is 0 Å². The van der Waals surface area contributed by atoms with Crippen LogP contribution >= 0.6 is 0 Å². The Morgan fingerprint density at radius 3 is 2.37 bits per heavy atom. The SMILES string of the molecule is CCC[C@H]1C[C@H](Cc2ccccc2)C(CC)(CC)N1. The lowest BCUT2D eigenvalue weighted by Gasteiger charge is -2.34. The van der Waals surface area contributed by atoms with Gasteiger partial charge >= 0.3 is 0 Å². The van der Waals surface area contributed by atoms with Crippen molar-refractivity contribution in [2.75, 3.05) is 0 Å². The molecule has 1 aromatic carbocycles. The molecule has 1 heterocycles. The van der Waals surface area contributed by atoms with Crippen LogP contribution in [0.4, 0.5) is 0 Å². The number of hydrogen-bond donors (Lipinski definition) is 1. The van der Waals surface area contributed by atoms with Gasteiger partial charge in [0, 0.05) is 11.6 Å². The summed E-state index contributed by atoms with van der Waals surface area (Å²) in [5.74, 6) is 0.793. The van der Waals surface area contributed by atoms with Crippen molar-refractivity contribution in [3.63, 3.8) is 0 Å². The van der Waals surface area contributed by atoms with Crippen molar-refractivity contribution < 1.29 is 0 Å². The van der Waals surface area contributed by atoms with Crippen molar-refractivity contribution in [3.05, 3.63) is 35.9 Å². The predicted octanol–water partition coefficient (Wildman–Crippen LogP) is 4.57. The van der Waals surface area contributed by atoms with Crippen LogP contribution in [0.1, 0.15) is 58.4 Å². The lowest BCUT2D eigenvalue weighted by atomic mass is 9.77. The van der Waals surface area contributed by atoms with Crippen molar-refractivity contribution in [2.24, 2.45) is 5.92 Å². The first-order valence-electron chi connectivity index (χ1n) is 8.05. The molecule has 0 aromatic heterocycles. The molecule has 0 unspecified atom stereocenters. The molecule has 0 bridgehead atoms. The quantitative estimate of drug-likeness (QED) is 0.789. The number of nitrogens with one attached hydrogen (secondary N) is 1. The zero-order chi connectivity index (χ0) is 13.7. The number of rotatable bonds is 6. The van der Waals surface area contributed by atoms with Crippen LogP contribution in [0, 0.1) is 5.92 Å². The van der Waals surface area contributed by atoms with E-state index in [1.807, 2.05) is 0 Å². The maximum absolute atomic E-state index is 3.98. The molecule has 1 aromatic rings. The highest BCUT2D eigenvalue weighted by Gasteiger charge is 2.43. The maximum Gasteiger partial charge on any atom is 0.0210 e. The second kappa shape index (κ2) is 6.56. The first-order valence-corrected chi connectivity index (χ1v) is 8.05. The van der Waals surface area contributed by atoms with Crippen LogP contribution in [-0.4, -0.2) is 11.6 Å². The molecule has 0 radical (unpaired) electrons. The van der Waals surface area contributed by atoms with Gasteiger partial charge in [0.15, 0.2) is 0 Å². The topological polar surface area (TPSA) is 12.0 Å². The van der Waals surface area contributed by atoms with Gasteiger partial charge in [0.1, 0.15) is 0 Å². The van der Waals surface area contributed by atoms with Crippen molar-refractivity contribution >= 4 is 0 Å². The van der Waals surface area contributed by atoms with Gasteiger partial charge < -0.3 is 5.32 Å². The van der Waals surface area contributed by atoms with Crippen molar-refractivity contribution in [3.8, 4) is 0 Å². The third-order valence-electron chi connectivity index (χ3n) is 5.07. The smallest absolute Gasteiger partial charge is 0.0210 e. The minimum atomic E-state index is 0.371. The third-order valence-corrected chi connectivity index (χ3v) is 5.07. The molecule has 0 spiro atoms. The van der Waals surface area contributed by atoms with Crippen molar-refractivity contribution in [1.82, 2.24) is 5.32 Å². The minimum Gasteiger partial charge on any atom is -0.308 e. The lowest BCUT2D eigenvalue weighted by Crippen LogP contribution is -2.46. The summed E-state index contributed by atoms with van der Waals surface area (Å²) in [5.41, 5.74) is 1.87. The molecule has 0 aliphatic carbocycles. The van der Waals surface area contributed by atoms with Crippen LogP contribution in [0.25, 0.3) is 0 Å². The monoisotopic (exact) mass is 259 g/mol. The van der Waals surface area contributed by atoms with Gasteiger partial charge in [-0.15, -0.1) is 0 Å². The van der Waals surface area contributed by atoms with Gasteiger partial charge in [0.05, 0.1) is 0 Å². The molecule has 1 heteroatoms. The second-order valence-corrected chi connectivity index (χ2v) is 6.12. The van der Waals surface area contributed by atoms with E-state index >= 15 is 0 Å². The lowest BCUT2D eigenvalue weighted by molar-refractivity contribution is 0.250. The molecule has 1 N–H and O–H groups in total. The average Bonchev–Trinajstić information content (AvgIpc) is 2.79. The summed E-state index contributed by atoms with van der Waals surface area (Å²) in [7, 11) is 0. The normalized spacial score (nSPS) is 25.6. The van der Waals surface area contributed by atoms with Crippen LogP contribution in [0.3, 0.4) is 0 Å². The zero-order valence-corrected chi connectivity index (χ0v) is 12.8. The van der Waals surface area contributed by atoms with E-state index in [0.29, 0.717) is 5.54 Å². The summed E-state index contributed by atoms with van der Waals surface area (Å²) >= 11 is 0. The standard InChI is InChI=1S/C18H29N/c1-4-10-17-14-16(18(5-2,6-3)19-17)13-15-11-8-7-9-12-15/h7-9,11-12,16-17,19H,4-6,10,13-14H2,1-3H3/t16-,17-/m0/s1. The fourth-order valence-electron chi connectivity index (χ4n) is 3.90. The number of hydrogen-bond acceptors (Lipinski definition) is 1. The molecule has 0 saturated carbocycles. The van der Waals surface area contributed by atoms with E-state index in [9.17, 15) is 0 Å². The molecule has 19 heavy (non-hydrogen) atoms. The van der Waals surface area contributed by atoms with Crippen LogP contribution in [0.2, 0.25) is 0 Å². The van der Waals surface area contributed by atoms with Gasteiger partial charge in [0.2, 0.25) is 0 Å². The summed E-state index contributed by atoms with van der Waals surface area (Å²) < 4.78 is 0. The highest BCUT2D eigenvalue weighted by Crippen LogP contribution is 2.39. The average molecular weight is 259 g/mol. The van der Waals surface area contributed by atoms with E-state index in [-0.39, 0.29) is 0 Å². The minimum absolute atomic E-state index is 0.371. The summed E-state index contributed by atoms with van der Waals surface area (Å²) in [6, 6.07) is 11.7. The first kappa shape index (κ1) is 14.6. The third kappa shape index (κ3) is 3.20. The van der Waals surface area contributed by atoms with Crippen LogP contribution in [-0.2, 0) is 6.42 Å². The summed E-state index contributed by atoms with van der Waals surface area (Å²) in [5, 5.41) is 3.98.